The molecule has 0 saturated carbocycles. The summed E-state index contributed by atoms with van der Waals surface area (Å²) < 4.78 is 0. The zero-order valence-electron chi connectivity index (χ0n) is 9.17. The minimum absolute atomic E-state index is 0.210. The van der Waals surface area contributed by atoms with Gasteiger partial charge in [0.1, 0.15) is 0 Å². The zero-order valence-corrected chi connectivity index (χ0v) is 9.17. The molecule has 84 valence electrons. The lowest BCUT2D eigenvalue weighted by Crippen LogP contribution is -2.33. The van der Waals surface area contributed by atoms with Crippen LogP contribution < -0.4 is 10.6 Å². The standard InChI is InChI=1S/C12H20N2O/c15-12(10-4-1-2-5-10)14-9-7-11-6-3-8-13-11/h1-2,10-11,13H,3-9H2,(H,14,15)/t11-/m0/s1. The highest BCUT2D eigenvalue weighted by Crippen LogP contribution is 2.17. The Balaban J connectivity index is 1.58. The number of carbonyl (C=O) groups is 1. The summed E-state index contributed by atoms with van der Waals surface area (Å²) in [5.41, 5.74) is 0. The molecule has 1 saturated heterocycles. The first kappa shape index (κ1) is 10.7. The highest BCUT2D eigenvalue weighted by molar-refractivity contribution is 5.79. The molecule has 1 atom stereocenters. The van der Waals surface area contributed by atoms with E-state index in [4.69, 9.17) is 0 Å². The smallest absolute Gasteiger partial charge is 0.223 e. The van der Waals surface area contributed by atoms with Crippen molar-refractivity contribution in [3.05, 3.63) is 12.2 Å². The van der Waals surface area contributed by atoms with E-state index in [1.807, 2.05) is 0 Å². The van der Waals surface area contributed by atoms with E-state index in [1.165, 1.54) is 12.8 Å². The molecule has 0 bridgehead atoms. The molecule has 1 aliphatic carbocycles. The Morgan fingerprint density at radius 3 is 2.87 bits per heavy atom. The van der Waals surface area contributed by atoms with Crippen LogP contribution in [0.15, 0.2) is 12.2 Å². The Morgan fingerprint density at radius 2 is 2.20 bits per heavy atom. The molecular weight excluding hydrogens is 188 g/mol. The van der Waals surface area contributed by atoms with Crippen LogP contribution in [0.2, 0.25) is 0 Å². The molecule has 0 aromatic heterocycles. The van der Waals surface area contributed by atoms with E-state index in [1.54, 1.807) is 0 Å². The van der Waals surface area contributed by atoms with Crippen molar-refractivity contribution in [1.82, 2.24) is 10.6 Å². The van der Waals surface area contributed by atoms with Crippen LogP contribution in [-0.2, 0) is 4.79 Å². The van der Waals surface area contributed by atoms with Crippen molar-refractivity contribution in [2.24, 2.45) is 5.92 Å². The van der Waals surface area contributed by atoms with Crippen molar-refractivity contribution in [3.63, 3.8) is 0 Å². The minimum Gasteiger partial charge on any atom is -0.356 e. The lowest BCUT2D eigenvalue weighted by atomic mass is 10.1. The fraction of sp³-hybridized carbons (Fsp3) is 0.750. The molecule has 0 radical (unpaired) electrons. The predicted octanol–water partition coefficient (Wildman–Crippen LogP) is 1.21. The number of nitrogens with one attached hydrogen (secondary N) is 2. The first-order chi connectivity index (χ1) is 7.36. The van der Waals surface area contributed by atoms with E-state index in [0.717, 1.165) is 32.4 Å². The average Bonchev–Trinajstić information content (AvgIpc) is 2.90. The van der Waals surface area contributed by atoms with E-state index in [2.05, 4.69) is 22.8 Å². The molecule has 0 aromatic carbocycles. The maximum Gasteiger partial charge on any atom is 0.223 e. The number of carbonyl (C=O) groups excluding carboxylic acids is 1. The molecule has 0 spiro atoms. The fourth-order valence-electron chi connectivity index (χ4n) is 2.35. The second kappa shape index (κ2) is 5.31. The first-order valence-electron chi connectivity index (χ1n) is 6.02. The third-order valence-electron chi connectivity index (χ3n) is 3.33. The van der Waals surface area contributed by atoms with Crippen LogP contribution in [0.25, 0.3) is 0 Å². The van der Waals surface area contributed by atoms with Crippen molar-refractivity contribution in [1.29, 1.82) is 0 Å². The number of hydrogen-bond acceptors (Lipinski definition) is 2. The Labute approximate surface area is 91.3 Å². The monoisotopic (exact) mass is 208 g/mol. The molecule has 1 amide bonds. The van der Waals surface area contributed by atoms with Gasteiger partial charge in [0.2, 0.25) is 5.91 Å². The topological polar surface area (TPSA) is 41.1 Å². The van der Waals surface area contributed by atoms with Gasteiger partial charge in [-0.25, -0.2) is 0 Å². The predicted molar refractivity (Wildman–Crippen MR) is 60.5 cm³/mol. The van der Waals surface area contributed by atoms with E-state index < -0.39 is 0 Å². The lowest BCUT2D eigenvalue weighted by Gasteiger charge is -2.13. The Hall–Kier alpha value is -0.830. The average molecular weight is 208 g/mol. The van der Waals surface area contributed by atoms with Crippen molar-refractivity contribution in [3.8, 4) is 0 Å². The summed E-state index contributed by atoms with van der Waals surface area (Å²) >= 11 is 0. The van der Waals surface area contributed by atoms with Crippen molar-refractivity contribution in [2.75, 3.05) is 13.1 Å². The largest absolute Gasteiger partial charge is 0.356 e. The molecule has 0 unspecified atom stereocenters. The number of hydrogen-bond donors (Lipinski definition) is 2. The third kappa shape index (κ3) is 3.06. The Kier molecular flexibility index (Phi) is 3.78. The van der Waals surface area contributed by atoms with Gasteiger partial charge in [-0.15, -0.1) is 0 Å². The van der Waals surface area contributed by atoms with E-state index in [9.17, 15) is 4.79 Å². The van der Waals surface area contributed by atoms with Crippen LogP contribution in [0.3, 0.4) is 0 Å². The second-order valence-corrected chi connectivity index (χ2v) is 4.51. The van der Waals surface area contributed by atoms with Gasteiger partial charge in [-0.3, -0.25) is 4.79 Å². The summed E-state index contributed by atoms with van der Waals surface area (Å²) in [4.78, 5) is 11.6. The van der Waals surface area contributed by atoms with Crippen LogP contribution in [0.1, 0.15) is 32.1 Å². The zero-order chi connectivity index (χ0) is 10.5. The Morgan fingerprint density at radius 1 is 1.40 bits per heavy atom. The van der Waals surface area contributed by atoms with Gasteiger partial charge in [0.15, 0.2) is 0 Å². The molecule has 0 aromatic rings. The molecule has 3 nitrogen and oxygen atoms in total. The maximum absolute atomic E-state index is 11.6. The van der Waals surface area contributed by atoms with Crippen LogP contribution in [0.4, 0.5) is 0 Å². The number of amides is 1. The van der Waals surface area contributed by atoms with Crippen molar-refractivity contribution in [2.45, 2.75) is 38.1 Å². The normalized spacial score (nSPS) is 26.0. The second-order valence-electron chi connectivity index (χ2n) is 4.51. The summed E-state index contributed by atoms with van der Waals surface area (Å²) in [7, 11) is 0. The van der Waals surface area contributed by atoms with E-state index in [0.29, 0.717) is 6.04 Å². The molecule has 2 aliphatic rings. The van der Waals surface area contributed by atoms with Gasteiger partial charge in [0.25, 0.3) is 0 Å². The summed E-state index contributed by atoms with van der Waals surface area (Å²) in [6.07, 6.45) is 9.67. The lowest BCUT2D eigenvalue weighted by molar-refractivity contribution is -0.124. The van der Waals surface area contributed by atoms with Gasteiger partial charge in [0.05, 0.1) is 0 Å². The van der Waals surface area contributed by atoms with Crippen LogP contribution in [0, 0.1) is 5.92 Å². The summed E-state index contributed by atoms with van der Waals surface area (Å²) in [6, 6.07) is 0.631. The number of allylic oxidation sites excluding steroid dienone is 2. The highest BCUT2D eigenvalue weighted by Gasteiger charge is 2.19. The molecular formula is C12H20N2O. The molecule has 1 fully saturated rings. The van der Waals surface area contributed by atoms with Crippen LogP contribution >= 0.6 is 0 Å². The van der Waals surface area contributed by atoms with Crippen molar-refractivity contribution >= 4 is 5.91 Å². The summed E-state index contributed by atoms with van der Waals surface area (Å²) in [5, 5.41) is 6.47. The minimum atomic E-state index is 0.210. The molecule has 1 aliphatic heterocycles. The van der Waals surface area contributed by atoms with Crippen LogP contribution in [0.5, 0.6) is 0 Å². The summed E-state index contributed by atoms with van der Waals surface area (Å²) in [6.45, 7) is 1.97. The SMILES string of the molecule is O=C(NCC[C@@H]1CCCN1)C1CC=CC1. The van der Waals surface area contributed by atoms with Crippen LogP contribution in [-0.4, -0.2) is 25.0 Å². The van der Waals surface area contributed by atoms with Gasteiger partial charge in [-0.2, -0.15) is 0 Å². The summed E-state index contributed by atoms with van der Waals surface area (Å²) in [5.74, 6) is 0.444. The van der Waals surface area contributed by atoms with Crippen molar-refractivity contribution < 1.29 is 4.79 Å². The van der Waals surface area contributed by atoms with E-state index in [-0.39, 0.29) is 11.8 Å². The van der Waals surface area contributed by atoms with Gasteiger partial charge in [-0.05, 0) is 38.6 Å². The molecule has 15 heavy (non-hydrogen) atoms. The van der Waals surface area contributed by atoms with Gasteiger partial charge in [0, 0.05) is 18.5 Å². The fourth-order valence-corrected chi connectivity index (χ4v) is 2.35. The highest BCUT2D eigenvalue weighted by atomic mass is 16.1. The number of rotatable bonds is 4. The molecule has 3 heteroatoms. The van der Waals surface area contributed by atoms with E-state index >= 15 is 0 Å². The quantitative estimate of drug-likeness (QED) is 0.682. The first-order valence-corrected chi connectivity index (χ1v) is 6.02. The molecule has 2 rings (SSSR count). The van der Waals surface area contributed by atoms with Gasteiger partial charge in [-0.1, -0.05) is 12.2 Å². The third-order valence-corrected chi connectivity index (χ3v) is 3.33. The maximum atomic E-state index is 11.6. The van der Waals surface area contributed by atoms with Gasteiger partial charge >= 0.3 is 0 Å². The molecule has 1 heterocycles. The Bertz CT molecular complexity index is 236. The van der Waals surface area contributed by atoms with Gasteiger partial charge < -0.3 is 10.6 Å². The molecule has 2 N–H and O–H groups in total.